The molecule has 4 rings (SSSR count). The van der Waals surface area contributed by atoms with Gasteiger partial charge in [-0.05, 0) is 55.3 Å². The van der Waals surface area contributed by atoms with Crippen LogP contribution in [0.1, 0.15) is 21.6 Å². The second-order valence-corrected chi connectivity index (χ2v) is 8.44. The Labute approximate surface area is 217 Å². The van der Waals surface area contributed by atoms with Crippen molar-refractivity contribution in [3.8, 4) is 23.0 Å². The SMILES string of the molecule is COc1ccccc1Oc1cc(NC(=O)c2ccn(COc3cc(C)c(Cl)c(C)c3)n2)cc([N+](=O)[O-])c1. The number of ether oxygens (including phenoxy) is 3. The Balaban J connectivity index is 1.47. The van der Waals surface area contributed by atoms with Crippen LogP contribution >= 0.6 is 11.6 Å². The molecule has 11 heteroatoms. The fourth-order valence-electron chi connectivity index (χ4n) is 3.53. The zero-order valence-corrected chi connectivity index (χ0v) is 21.0. The Morgan fingerprint density at radius 1 is 1.05 bits per heavy atom. The zero-order valence-electron chi connectivity index (χ0n) is 20.2. The molecule has 4 aromatic rings. The summed E-state index contributed by atoms with van der Waals surface area (Å²) in [7, 11) is 1.49. The number of nitro groups is 1. The van der Waals surface area contributed by atoms with Gasteiger partial charge in [-0.2, -0.15) is 5.10 Å². The van der Waals surface area contributed by atoms with Crippen LogP contribution in [0.5, 0.6) is 23.0 Å². The Bertz CT molecular complexity index is 1450. The van der Waals surface area contributed by atoms with Crippen LogP contribution in [-0.2, 0) is 6.73 Å². The van der Waals surface area contributed by atoms with Crippen molar-refractivity contribution in [3.05, 3.63) is 98.8 Å². The fraction of sp³-hybridized carbons (Fsp3) is 0.154. The third kappa shape index (κ3) is 6.17. The van der Waals surface area contributed by atoms with E-state index in [-0.39, 0.29) is 29.5 Å². The van der Waals surface area contributed by atoms with E-state index in [1.165, 1.54) is 36.1 Å². The Kier molecular flexibility index (Phi) is 7.59. The molecule has 1 heterocycles. The largest absolute Gasteiger partial charge is 0.493 e. The first-order chi connectivity index (χ1) is 17.7. The van der Waals surface area contributed by atoms with Crippen LogP contribution < -0.4 is 19.5 Å². The third-order valence-corrected chi connectivity index (χ3v) is 5.90. The smallest absolute Gasteiger partial charge is 0.276 e. The number of hydrogen-bond acceptors (Lipinski definition) is 7. The number of benzene rings is 3. The summed E-state index contributed by atoms with van der Waals surface area (Å²) in [5.74, 6) is 1.05. The van der Waals surface area contributed by atoms with Crippen LogP contribution in [0.4, 0.5) is 11.4 Å². The Hall–Kier alpha value is -4.57. The molecule has 1 amide bonds. The highest BCUT2D eigenvalue weighted by molar-refractivity contribution is 6.32. The lowest BCUT2D eigenvalue weighted by Crippen LogP contribution is -2.14. The van der Waals surface area contributed by atoms with Crippen molar-refractivity contribution in [3.63, 3.8) is 0 Å². The molecule has 0 radical (unpaired) electrons. The topological polar surface area (TPSA) is 118 Å². The van der Waals surface area contributed by atoms with Crippen LogP contribution in [-0.4, -0.2) is 27.7 Å². The minimum atomic E-state index is -0.572. The normalized spacial score (nSPS) is 10.6. The summed E-state index contributed by atoms with van der Waals surface area (Å²) in [6, 6.07) is 16.0. The summed E-state index contributed by atoms with van der Waals surface area (Å²) >= 11 is 6.19. The molecular formula is C26H23ClN4O6. The van der Waals surface area contributed by atoms with Gasteiger partial charge in [0, 0.05) is 23.4 Å². The first kappa shape index (κ1) is 25.5. The zero-order chi connectivity index (χ0) is 26.5. The highest BCUT2D eigenvalue weighted by Crippen LogP contribution is 2.34. The van der Waals surface area contributed by atoms with Crippen LogP contribution in [0.15, 0.2) is 66.9 Å². The van der Waals surface area contributed by atoms with Gasteiger partial charge in [-0.25, -0.2) is 4.68 Å². The van der Waals surface area contributed by atoms with Gasteiger partial charge < -0.3 is 19.5 Å². The third-order valence-electron chi connectivity index (χ3n) is 5.30. The van der Waals surface area contributed by atoms with Gasteiger partial charge in [-0.3, -0.25) is 14.9 Å². The highest BCUT2D eigenvalue weighted by atomic mass is 35.5. The monoisotopic (exact) mass is 522 g/mol. The number of aryl methyl sites for hydroxylation is 2. The summed E-state index contributed by atoms with van der Waals surface area (Å²) in [4.78, 5) is 23.7. The molecule has 0 atom stereocenters. The highest BCUT2D eigenvalue weighted by Gasteiger charge is 2.16. The molecule has 1 N–H and O–H groups in total. The Morgan fingerprint density at radius 2 is 1.76 bits per heavy atom. The van der Waals surface area contributed by atoms with Gasteiger partial charge in [0.2, 0.25) is 0 Å². The summed E-state index contributed by atoms with van der Waals surface area (Å²) in [6.07, 6.45) is 1.59. The minimum Gasteiger partial charge on any atom is -0.493 e. The molecule has 0 bridgehead atoms. The van der Waals surface area contributed by atoms with E-state index in [0.29, 0.717) is 22.3 Å². The summed E-state index contributed by atoms with van der Waals surface area (Å²) in [5, 5.41) is 19.0. The fourth-order valence-corrected chi connectivity index (χ4v) is 3.64. The van der Waals surface area contributed by atoms with E-state index in [9.17, 15) is 14.9 Å². The van der Waals surface area contributed by atoms with Gasteiger partial charge in [0.25, 0.3) is 11.6 Å². The van der Waals surface area contributed by atoms with Crippen LogP contribution in [0.25, 0.3) is 0 Å². The van der Waals surface area contributed by atoms with Crippen LogP contribution in [0, 0.1) is 24.0 Å². The molecule has 0 fully saturated rings. The predicted octanol–water partition coefficient (Wildman–Crippen LogP) is 6.15. The standard InChI is InChI=1S/C26H23ClN4O6/c1-16-10-20(11-17(2)25(16)27)36-15-30-9-8-22(29-30)26(32)28-18-12-19(31(33)34)14-21(13-18)37-24-7-5-4-6-23(24)35-3/h4-14H,15H2,1-3H3,(H,28,32). The number of nitro benzene ring substituents is 1. The Morgan fingerprint density at radius 3 is 2.43 bits per heavy atom. The average Bonchev–Trinajstić information content (AvgIpc) is 3.35. The number of para-hydroxylation sites is 2. The van der Waals surface area contributed by atoms with Gasteiger partial charge in [-0.1, -0.05) is 23.7 Å². The average molecular weight is 523 g/mol. The van der Waals surface area contributed by atoms with Crippen molar-refractivity contribution in [2.75, 3.05) is 12.4 Å². The maximum atomic E-state index is 12.8. The maximum Gasteiger partial charge on any atom is 0.276 e. The number of carbonyl (C=O) groups excluding carboxylic acids is 1. The van der Waals surface area contributed by atoms with Crippen LogP contribution in [0.3, 0.4) is 0 Å². The number of halogens is 1. The minimum absolute atomic E-state index is 0.0709. The summed E-state index contributed by atoms with van der Waals surface area (Å²) in [6.45, 7) is 3.85. The first-order valence-electron chi connectivity index (χ1n) is 11.1. The lowest BCUT2D eigenvalue weighted by molar-refractivity contribution is -0.384. The molecule has 10 nitrogen and oxygen atoms in total. The van der Waals surface area contributed by atoms with Crippen molar-refractivity contribution in [2.45, 2.75) is 20.6 Å². The molecule has 0 unspecified atom stereocenters. The predicted molar refractivity (Wildman–Crippen MR) is 138 cm³/mol. The van der Waals surface area contributed by atoms with Crippen molar-refractivity contribution in [2.24, 2.45) is 0 Å². The molecular weight excluding hydrogens is 500 g/mol. The molecule has 0 spiro atoms. The number of amides is 1. The lowest BCUT2D eigenvalue weighted by Gasteiger charge is -2.11. The van der Waals surface area contributed by atoms with E-state index in [1.54, 1.807) is 30.5 Å². The number of nitrogens with one attached hydrogen (secondary N) is 1. The van der Waals surface area contributed by atoms with Gasteiger partial charge in [0.15, 0.2) is 23.9 Å². The van der Waals surface area contributed by atoms with E-state index >= 15 is 0 Å². The molecule has 0 aliphatic rings. The number of anilines is 1. The maximum absolute atomic E-state index is 12.8. The van der Waals surface area contributed by atoms with Crippen LogP contribution in [0.2, 0.25) is 5.02 Å². The van der Waals surface area contributed by atoms with Gasteiger partial charge in [0.05, 0.1) is 23.8 Å². The number of carbonyl (C=O) groups is 1. The first-order valence-corrected chi connectivity index (χ1v) is 11.5. The molecule has 0 aliphatic heterocycles. The van der Waals surface area contributed by atoms with Gasteiger partial charge in [0.1, 0.15) is 11.5 Å². The van der Waals surface area contributed by atoms with Crippen molar-refractivity contribution >= 4 is 28.9 Å². The number of methoxy groups -OCH3 is 1. The van der Waals surface area contributed by atoms with Gasteiger partial charge >= 0.3 is 0 Å². The van der Waals surface area contributed by atoms with E-state index in [2.05, 4.69) is 10.4 Å². The molecule has 3 aromatic carbocycles. The van der Waals surface area contributed by atoms with E-state index in [0.717, 1.165) is 11.1 Å². The van der Waals surface area contributed by atoms with Crippen molar-refractivity contribution in [1.29, 1.82) is 0 Å². The number of nitrogens with zero attached hydrogens (tertiary/aromatic N) is 3. The number of rotatable bonds is 9. The number of aromatic nitrogens is 2. The van der Waals surface area contributed by atoms with E-state index < -0.39 is 10.8 Å². The molecule has 190 valence electrons. The second kappa shape index (κ2) is 11.0. The molecule has 0 saturated carbocycles. The molecule has 37 heavy (non-hydrogen) atoms. The van der Waals surface area contributed by atoms with Gasteiger partial charge in [-0.15, -0.1) is 0 Å². The van der Waals surface area contributed by atoms with E-state index in [1.807, 2.05) is 26.0 Å². The lowest BCUT2D eigenvalue weighted by atomic mass is 10.1. The van der Waals surface area contributed by atoms with Crippen molar-refractivity contribution in [1.82, 2.24) is 9.78 Å². The number of hydrogen-bond donors (Lipinski definition) is 1. The summed E-state index contributed by atoms with van der Waals surface area (Å²) in [5.41, 5.74) is 1.80. The quantitative estimate of drug-likeness (QED) is 0.207. The van der Waals surface area contributed by atoms with E-state index in [4.69, 9.17) is 25.8 Å². The summed E-state index contributed by atoms with van der Waals surface area (Å²) < 4.78 is 18.3. The molecule has 0 aliphatic carbocycles. The second-order valence-electron chi connectivity index (χ2n) is 8.06. The molecule has 1 aromatic heterocycles. The molecule has 0 saturated heterocycles. The van der Waals surface area contributed by atoms with Crippen molar-refractivity contribution < 1.29 is 23.9 Å². The number of non-ortho nitro benzene ring substituents is 1.